The zero-order valence-corrected chi connectivity index (χ0v) is 16.2. The van der Waals surface area contributed by atoms with E-state index in [9.17, 15) is 18.0 Å². The topological polar surface area (TPSA) is 32.3 Å². The maximum atomic E-state index is 14.1. The number of hydrogen-bond donors (Lipinski definition) is 1. The fourth-order valence-corrected chi connectivity index (χ4v) is 3.50. The third-order valence-electron chi connectivity index (χ3n) is 5.12. The minimum atomic E-state index is -4.53. The molecule has 1 N–H and O–H groups in total. The summed E-state index contributed by atoms with van der Waals surface area (Å²) in [6, 6.07) is 8.70. The molecule has 2 aromatic carbocycles. The summed E-state index contributed by atoms with van der Waals surface area (Å²) in [5.74, 6) is -0.396. The molecule has 1 saturated heterocycles. The number of hydrogen-bond acceptors (Lipinski definition) is 2. The molecule has 2 aromatic rings. The van der Waals surface area contributed by atoms with Gasteiger partial charge in [-0.15, -0.1) is 0 Å². The summed E-state index contributed by atoms with van der Waals surface area (Å²) in [6.07, 6.45) is -4.53. The van der Waals surface area contributed by atoms with Gasteiger partial charge in [-0.1, -0.05) is 57.2 Å². The van der Waals surface area contributed by atoms with Crippen molar-refractivity contribution in [3.8, 4) is 0 Å². The van der Waals surface area contributed by atoms with Gasteiger partial charge in [0.05, 0.1) is 5.41 Å². The summed E-state index contributed by atoms with van der Waals surface area (Å²) in [7, 11) is 0. The van der Waals surface area contributed by atoms with Gasteiger partial charge in [0.2, 0.25) is 5.91 Å². The predicted octanol–water partition coefficient (Wildman–Crippen LogP) is 5.11. The average Bonchev–Trinajstić information content (AvgIpc) is 2.78. The molecule has 1 amide bonds. The monoisotopic (exact) mass is 378 g/mol. The number of alkyl halides is 3. The zero-order valence-electron chi connectivity index (χ0n) is 16.2. The molecule has 27 heavy (non-hydrogen) atoms. The van der Waals surface area contributed by atoms with Crippen molar-refractivity contribution in [3.05, 3.63) is 47.5 Å². The number of benzene rings is 2. The molecule has 0 unspecified atom stereocenters. The number of rotatable bonds is 2. The van der Waals surface area contributed by atoms with Crippen molar-refractivity contribution in [1.82, 2.24) is 10.4 Å². The van der Waals surface area contributed by atoms with Gasteiger partial charge in [0.15, 0.2) is 6.04 Å². The number of hydrazine groups is 1. The van der Waals surface area contributed by atoms with Gasteiger partial charge < -0.3 is 0 Å². The molecule has 1 heterocycles. The maximum absolute atomic E-state index is 14.1. The van der Waals surface area contributed by atoms with Crippen LogP contribution in [0.5, 0.6) is 0 Å². The Morgan fingerprint density at radius 2 is 1.78 bits per heavy atom. The van der Waals surface area contributed by atoms with E-state index >= 15 is 0 Å². The van der Waals surface area contributed by atoms with Gasteiger partial charge in [-0.05, 0) is 41.2 Å². The van der Waals surface area contributed by atoms with E-state index in [1.54, 1.807) is 19.9 Å². The van der Waals surface area contributed by atoms with Crippen LogP contribution < -0.4 is 5.43 Å². The van der Waals surface area contributed by atoms with Gasteiger partial charge >= 0.3 is 6.18 Å². The van der Waals surface area contributed by atoms with Crippen LogP contribution in [0.3, 0.4) is 0 Å². The third-order valence-corrected chi connectivity index (χ3v) is 5.12. The van der Waals surface area contributed by atoms with Gasteiger partial charge in [-0.3, -0.25) is 10.2 Å². The summed E-state index contributed by atoms with van der Waals surface area (Å²) in [5.41, 5.74) is 2.50. The first kappa shape index (κ1) is 19.7. The van der Waals surface area contributed by atoms with Gasteiger partial charge in [0, 0.05) is 6.54 Å². The Hall–Kier alpha value is -2.08. The Bertz CT molecular complexity index is 881. The summed E-state index contributed by atoms with van der Waals surface area (Å²) in [6.45, 7) is 9.38. The number of nitrogens with zero attached hydrogens (tertiary/aromatic N) is 1. The summed E-state index contributed by atoms with van der Waals surface area (Å²) < 4.78 is 42.3. The highest BCUT2D eigenvalue weighted by Gasteiger charge is 2.51. The first-order chi connectivity index (χ1) is 12.3. The molecule has 3 rings (SSSR count). The van der Waals surface area contributed by atoms with E-state index in [2.05, 4.69) is 5.43 Å². The number of carbonyl (C=O) groups is 1. The van der Waals surface area contributed by atoms with Crippen LogP contribution in [-0.4, -0.2) is 23.6 Å². The Kier molecular flexibility index (Phi) is 4.54. The first-order valence-electron chi connectivity index (χ1n) is 8.98. The predicted molar refractivity (Wildman–Crippen MR) is 100 cm³/mol. The Labute approximate surface area is 157 Å². The largest absolute Gasteiger partial charge is 0.409 e. The van der Waals surface area contributed by atoms with E-state index in [-0.39, 0.29) is 17.5 Å². The lowest BCUT2D eigenvalue weighted by Crippen LogP contribution is -2.43. The van der Waals surface area contributed by atoms with Crippen molar-refractivity contribution in [2.24, 2.45) is 5.41 Å². The molecule has 1 aliphatic rings. The van der Waals surface area contributed by atoms with Crippen LogP contribution in [0.25, 0.3) is 10.8 Å². The fraction of sp³-hybridized carbons (Fsp3) is 0.476. The molecular weight excluding hydrogens is 353 g/mol. The second-order valence-electron chi connectivity index (χ2n) is 8.93. The van der Waals surface area contributed by atoms with E-state index in [0.717, 1.165) is 16.0 Å². The zero-order chi connectivity index (χ0) is 20.2. The quantitative estimate of drug-likeness (QED) is 0.787. The Balaban J connectivity index is 2.18. The van der Waals surface area contributed by atoms with Crippen molar-refractivity contribution in [2.75, 3.05) is 6.54 Å². The standard InChI is InChI=1S/C21H25F3N2O/c1-19(2,3)14-10-9-13-7-6-8-15(16(13)11-14)17(21(22,23)24)26-12-20(4,5)18(27)25-26/h6-11,17H,12H2,1-5H3,(H,25,27)/t17-/m0/s1. The van der Waals surface area contributed by atoms with E-state index in [1.807, 2.05) is 45.0 Å². The van der Waals surface area contributed by atoms with Crippen LogP contribution in [0.2, 0.25) is 0 Å². The SMILES string of the molecule is CC1(C)CN([C@@H](c2cccc3ccc(C(C)(C)C)cc23)C(F)(F)F)NC1=O. The van der Waals surface area contributed by atoms with Crippen molar-refractivity contribution in [3.63, 3.8) is 0 Å². The van der Waals surface area contributed by atoms with E-state index in [0.29, 0.717) is 5.39 Å². The number of fused-ring (bicyclic) bond motifs is 1. The van der Waals surface area contributed by atoms with Crippen LogP contribution in [0.15, 0.2) is 36.4 Å². The minimum absolute atomic E-state index is 0.00857. The van der Waals surface area contributed by atoms with E-state index < -0.39 is 23.5 Å². The summed E-state index contributed by atoms with van der Waals surface area (Å²) >= 11 is 0. The lowest BCUT2D eigenvalue weighted by atomic mass is 9.84. The van der Waals surface area contributed by atoms with Crippen LogP contribution in [-0.2, 0) is 10.2 Å². The van der Waals surface area contributed by atoms with Crippen LogP contribution in [0.4, 0.5) is 13.2 Å². The van der Waals surface area contributed by atoms with E-state index in [4.69, 9.17) is 0 Å². The second-order valence-corrected chi connectivity index (χ2v) is 8.93. The highest BCUT2D eigenvalue weighted by molar-refractivity contribution is 5.87. The molecule has 3 nitrogen and oxygen atoms in total. The van der Waals surface area contributed by atoms with Crippen LogP contribution in [0, 0.1) is 5.41 Å². The van der Waals surface area contributed by atoms with Crippen molar-refractivity contribution < 1.29 is 18.0 Å². The average molecular weight is 378 g/mol. The van der Waals surface area contributed by atoms with Crippen LogP contribution in [0.1, 0.15) is 51.8 Å². The van der Waals surface area contributed by atoms with Gasteiger partial charge in [-0.25, -0.2) is 5.01 Å². The molecule has 0 spiro atoms. The maximum Gasteiger partial charge on any atom is 0.409 e. The molecule has 0 saturated carbocycles. The molecule has 6 heteroatoms. The van der Waals surface area contributed by atoms with Crippen LogP contribution >= 0.6 is 0 Å². The molecule has 146 valence electrons. The molecule has 0 bridgehead atoms. The highest BCUT2D eigenvalue weighted by atomic mass is 19.4. The summed E-state index contributed by atoms with van der Waals surface area (Å²) in [5, 5.41) is 2.34. The smallest absolute Gasteiger partial charge is 0.287 e. The first-order valence-corrected chi connectivity index (χ1v) is 8.98. The molecule has 0 aliphatic carbocycles. The fourth-order valence-electron chi connectivity index (χ4n) is 3.50. The number of amides is 1. The van der Waals surface area contributed by atoms with E-state index in [1.165, 1.54) is 6.07 Å². The molecule has 1 aliphatic heterocycles. The molecule has 1 fully saturated rings. The van der Waals surface area contributed by atoms with Crippen molar-refractivity contribution >= 4 is 16.7 Å². The lowest BCUT2D eigenvalue weighted by Gasteiger charge is -2.31. The Morgan fingerprint density at radius 1 is 1.11 bits per heavy atom. The minimum Gasteiger partial charge on any atom is -0.287 e. The molecular formula is C21H25F3N2O. The Morgan fingerprint density at radius 3 is 2.30 bits per heavy atom. The molecule has 0 aromatic heterocycles. The van der Waals surface area contributed by atoms with Crippen molar-refractivity contribution in [2.45, 2.75) is 52.3 Å². The third kappa shape index (κ3) is 3.68. The van der Waals surface area contributed by atoms with Crippen molar-refractivity contribution in [1.29, 1.82) is 0 Å². The van der Waals surface area contributed by atoms with Gasteiger partial charge in [-0.2, -0.15) is 13.2 Å². The normalized spacial score (nSPS) is 19.3. The van der Waals surface area contributed by atoms with Gasteiger partial charge in [0.1, 0.15) is 0 Å². The highest BCUT2D eigenvalue weighted by Crippen LogP contribution is 2.43. The second kappa shape index (κ2) is 6.23. The molecule has 0 radical (unpaired) electrons. The summed E-state index contributed by atoms with van der Waals surface area (Å²) in [4.78, 5) is 12.1. The van der Waals surface area contributed by atoms with Gasteiger partial charge in [0.25, 0.3) is 0 Å². The molecule has 1 atom stereocenters. The lowest BCUT2D eigenvalue weighted by molar-refractivity contribution is -0.191. The number of nitrogens with one attached hydrogen (secondary N) is 1. The number of carbonyl (C=O) groups excluding carboxylic acids is 1. The number of halogens is 3.